The number of hydrogen-bond acceptors (Lipinski definition) is 1. The maximum atomic E-state index is 12.4. The van der Waals surface area contributed by atoms with Gasteiger partial charge in [-0.3, -0.25) is 0 Å². The molecule has 0 bridgehead atoms. The highest BCUT2D eigenvalue weighted by molar-refractivity contribution is 6.42. The molecule has 1 saturated carbocycles. The number of anilines is 1. The maximum Gasteiger partial charge on any atom is 0.321 e. The van der Waals surface area contributed by atoms with Crippen molar-refractivity contribution < 1.29 is 4.79 Å². The largest absolute Gasteiger partial charge is 0.324 e. The van der Waals surface area contributed by atoms with Crippen molar-refractivity contribution >= 4 is 34.9 Å². The lowest BCUT2D eigenvalue weighted by atomic mass is 9.75. The smallest absolute Gasteiger partial charge is 0.321 e. The average molecular weight is 327 g/mol. The Morgan fingerprint density at radius 2 is 1.86 bits per heavy atom. The third kappa shape index (κ3) is 3.46. The van der Waals surface area contributed by atoms with Crippen molar-refractivity contribution in [1.29, 1.82) is 0 Å². The van der Waals surface area contributed by atoms with Crippen LogP contribution in [0.2, 0.25) is 10.0 Å². The second-order valence-electron chi connectivity index (χ2n) is 6.10. The van der Waals surface area contributed by atoms with Crippen LogP contribution < -0.4 is 5.32 Å². The molecule has 2 fully saturated rings. The number of likely N-dealkylation sites (tertiary alicyclic amines) is 1. The summed E-state index contributed by atoms with van der Waals surface area (Å²) in [6.45, 7) is 1.74. The standard InChI is InChI=1S/C16H20Cl2N2O/c17-14-6-5-13(9-15(14)18)19-16(21)20-8-7-11-3-1-2-4-12(11)10-20/h5-6,9,11-12H,1-4,7-8,10H2,(H,19,21)/t11-,12+/m1/s1. The van der Waals surface area contributed by atoms with Gasteiger partial charge in [-0.05, 0) is 42.9 Å². The number of nitrogens with zero attached hydrogens (tertiary/aromatic N) is 1. The Balaban J connectivity index is 1.61. The number of carbonyl (C=O) groups is 1. The fourth-order valence-corrected chi connectivity index (χ4v) is 3.86. The van der Waals surface area contributed by atoms with E-state index in [2.05, 4.69) is 5.32 Å². The fourth-order valence-electron chi connectivity index (χ4n) is 3.56. The molecule has 1 heterocycles. The van der Waals surface area contributed by atoms with Crippen LogP contribution in [0.4, 0.5) is 10.5 Å². The molecule has 0 radical (unpaired) electrons. The molecule has 1 saturated heterocycles. The molecule has 1 aromatic carbocycles. The number of nitrogens with one attached hydrogen (secondary N) is 1. The monoisotopic (exact) mass is 326 g/mol. The molecule has 0 spiro atoms. The molecule has 1 N–H and O–H groups in total. The first kappa shape index (κ1) is 15.0. The van der Waals surface area contributed by atoms with E-state index >= 15 is 0 Å². The van der Waals surface area contributed by atoms with Crippen molar-refractivity contribution in [1.82, 2.24) is 4.90 Å². The number of halogens is 2. The van der Waals surface area contributed by atoms with Crippen LogP contribution in [0.1, 0.15) is 32.1 Å². The van der Waals surface area contributed by atoms with E-state index in [1.165, 1.54) is 25.7 Å². The number of benzene rings is 1. The molecule has 114 valence electrons. The van der Waals surface area contributed by atoms with Crippen LogP contribution in [0.5, 0.6) is 0 Å². The molecule has 5 heteroatoms. The Morgan fingerprint density at radius 1 is 1.10 bits per heavy atom. The molecule has 1 aliphatic carbocycles. The van der Waals surface area contributed by atoms with E-state index in [0.717, 1.165) is 25.4 Å². The molecular formula is C16H20Cl2N2O. The lowest BCUT2D eigenvalue weighted by molar-refractivity contribution is 0.108. The summed E-state index contributed by atoms with van der Waals surface area (Å²) in [4.78, 5) is 14.3. The van der Waals surface area contributed by atoms with Gasteiger partial charge in [-0.1, -0.05) is 42.5 Å². The molecule has 1 aliphatic heterocycles. The minimum absolute atomic E-state index is 0.0302. The first-order valence-corrected chi connectivity index (χ1v) is 8.40. The van der Waals surface area contributed by atoms with Crippen LogP contribution in [0.15, 0.2) is 18.2 Å². The Kier molecular flexibility index (Phi) is 4.60. The van der Waals surface area contributed by atoms with Crippen molar-refractivity contribution in [2.75, 3.05) is 18.4 Å². The summed E-state index contributed by atoms with van der Waals surface area (Å²) < 4.78 is 0. The first-order chi connectivity index (χ1) is 10.1. The SMILES string of the molecule is O=C(Nc1ccc(Cl)c(Cl)c1)N1CC[C@H]2CCCC[C@H]2C1. The van der Waals surface area contributed by atoms with Crippen molar-refractivity contribution in [2.24, 2.45) is 11.8 Å². The normalized spacial score (nSPS) is 25.3. The summed E-state index contributed by atoms with van der Waals surface area (Å²) >= 11 is 11.9. The number of piperidine rings is 1. The van der Waals surface area contributed by atoms with E-state index in [0.29, 0.717) is 21.7 Å². The van der Waals surface area contributed by atoms with E-state index in [1.807, 2.05) is 4.90 Å². The van der Waals surface area contributed by atoms with Crippen molar-refractivity contribution in [2.45, 2.75) is 32.1 Å². The summed E-state index contributed by atoms with van der Waals surface area (Å²) in [7, 11) is 0. The average Bonchev–Trinajstić information content (AvgIpc) is 2.50. The van der Waals surface area contributed by atoms with Gasteiger partial charge in [0.25, 0.3) is 0 Å². The van der Waals surface area contributed by atoms with E-state index in [1.54, 1.807) is 18.2 Å². The summed E-state index contributed by atoms with van der Waals surface area (Å²) in [6, 6.07) is 5.14. The second-order valence-corrected chi connectivity index (χ2v) is 6.91. The Labute approximate surface area is 135 Å². The number of amides is 2. The minimum Gasteiger partial charge on any atom is -0.324 e. The second kappa shape index (κ2) is 6.45. The predicted octanol–water partition coefficient (Wildman–Crippen LogP) is 5.04. The van der Waals surface area contributed by atoms with Gasteiger partial charge in [0.2, 0.25) is 0 Å². The van der Waals surface area contributed by atoms with E-state index in [4.69, 9.17) is 23.2 Å². The minimum atomic E-state index is -0.0302. The zero-order valence-electron chi connectivity index (χ0n) is 11.9. The third-order valence-corrected chi connectivity index (χ3v) is 5.49. The van der Waals surface area contributed by atoms with Crippen LogP contribution in [0.25, 0.3) is 0 Å². The lowest BCUT2D eigenvalue weighted by Crippen LogP contribution is -2.46. The Bertz CT molecular complexity index is 535. The van der Waals surface area contributed by atoms with Gasteiger partial charge in [-0.15, -0.1) is 0 Å². The zero-order valence-corrected chi connectivity index (χ0v) is 13.5. The summed E-state index contributed by atoms with van der Waals surface area (Å²) in [5, 5.41) is 3.88. The van der Waals surface area contributed by atoms with Crippen LogP contribution >= 0.6 is 23.2 Å². The van der Waals surface area contributed by atoms with Gasteiger partial charge in [0.1, 0.15) is 0 Å². The van der Waals surface area contributed by atoms with Gasteiger partial charge in [0, 0.05) is 18.8 Å². The lowest BCUT2D eigenvalue weighted by Gasteiger charge is -2.41. The molecule has 21 heavy (non-hydrogen) atoms. The molecule has 1 aromatic rings. The van der Waals surface area contributed by atoms with Crippen LogP contribution in [0, 0.1) is 11.8 Å². The van der Waals surface area contributed by atoms with Gasteiger partial charge < -0.3 is 10.2 Å². The molecule has 0 unspecified atom stereocenters. The number of hydrogen-bond donors (Lipinski definition) is 1. The topological polar surface area (TPSA) is 32.3 Å². The molecular weight excluding hydrogens is 307 g/mol. The van der Waals surface area contributed by atoms with E-state index < -0.39 is 0 Å². The van der Waals surface area contributed by atoms with Crippen LogP contribution in [0.3, 0.4) is 0 Å². The Hall–Kier alpha value is -0.930. The maximum absolute atomic E-state index is 12.4. The van der Waals surface area contributed by atoms with Crippen molar-refractivity contribution in [3.63, 3.8) is 0 Å². The highest BCUT2D eigenvalue weighted by Crippen LogP contribution is 2.36. The Morgan fingerprint density at radius 3 is 2.62 bits per heavy atom. The highest BCUT2D eigenvalue weighted by Gasteiger charge is 2.32. The molecule has 2 amide bonds. The van der Waals surface area contributed by atoms with Gasteiger partial charge in [-0.25, -0.2) is 4.79 Å². The van der Waals surface area contributed by atoms with Crippen molar-refractivity contribution in [3.8, 4) is 0 Å². The number of carbonyl (C=O) groups excluding carboxylic acids is 1. The van der Waals surface area contributed by atoms with Gasteiger partial charge >= 0.3 is 6.03 Å². The summed E-state index contributed by atoms with van der Waals surface area (Å²) in [5.41, 5.74) is 0.695. The van der Waals surface area contributed by atoms with Gasteiger partial charge in [0.05, 0.1) is 10.0 Å². The summed E-state index contributed by atoms with van der Waals surface area (Å²) in [5.74, 6) is 1.51. The van der Waals surface area contributed by atoms with Crippen LogP contribution in [-0.2, 0) is 0 Å². The fraction of sp³-hybridized carbons (Fsp3) is 0.562. The number of rotatable bonds is 1. The molecule has 0 aromatic heterocycles. The van der Waals surface area contributed by atoms with E-state index in [9.17, 15) is 4.79 Å². The summed E-state index contributed by atoms with van der Waals surface area (Å²) in [6.07, 6.45) is 6.41. The third-order valence-electron chi connectivity index (χ3n) is 4.75. The quantitative estimate of drug-likeness (QED) is 0.770. The molecule has 2 atom stereocenters. The molecule has 3 nitrogen and oxygen atoms in total. The molecule has 2 aliphatic rings. The zero-order chi connectivity index (χ0) is 14.8. The first-order valence-electron chi connectivity index (χ1n) is 7.64. The molecule has 3 rings (SSSR count). The predicted molar refractivity (Wildman–Crippen MR) is 87.1 cm³/mol. The van der Waals surface area contributed by atoms with Crippen molar-refractivity contribution in [3.05, 3.63) is 28.2 Å². The van der Waals surface area contributed by atoms with E-state index in [-0.39, 0.29) is 6.03 Å². The number of urea groups is 1. The number of fused-ring (bicyclic) bond motifs is 1. The van der Waals surface area contributed by atoms with Gasteiger partial charge in [-0.2, -0.15) is 0 Å². The van der Waals surface area contributed by atoms with Gasteiger partial charge in [0.15, 0.2) is 0 Å². The van der Waals surface area contributed by atoms with Crippen LogP contribution in [-0.4, -0.2) is 24.0 Å². The highest BCUT2D eigenvalue weighted by atomic mass is 35.5.